The van der Waals surface area contributed by atoms with Crippen LogP contribution in [0.1, 0.15) is 5.69 Å². The first-order chi connectivity index (χ1) is 7.75. The Balaban J connectivity index is 1.89. The number of likely N-dealkylation sites (N-methyl/N-ethyl adjacent to an activating group) is 1. The van der Waals surface area contributed by atoms with Crippen LogP contribution < -0.4 is 0 Å². The van der Waals surface area contributed by atoms with Crippen molar-refractivity contribution in [2.24, 2.45) is 0 Å². The summed E-state index contributed by atoms with van der Waals surface area (Å²) in [5.74, 6) is 0.187. The first-order valence-corrected chi connectivity index (χ1v) is 5.62. The molecule has 2 heterocycles. The van der Waals surface area contributed by atoms with Crippen molar-refractivity contribution in [3.05, 3.63) is 30.1 Å². The number of carbonyl (C=O) groups excluding carboxylic acids is 1. The van der Waals surface area contributed by atoms with E-state index in [-0.39, 0.29) is 5.91 Å². The molecule has 0 radical (unpaired) electrons. The topological polar surface area (TPSA) is 36.4 Å². The molecule has 16 heavy (non-hydrogen) atoms. The van der Waals surface area contributed by atoms with Crippen molar-refractivity contribution in [1.29, 1.82) is 0 Å². The van der Waals surface area contributed by atoms with Gasteiger partial charge in [0.1, 0.15) is 0 Å². The van der Waals surface area contributed by atoms with E-state index in [1.807, 2.05) is 23.1 Å². The smallest absolute Gasteiger partial charge is 0.228 e. The maximum atomic E-state index is 11.9. The lowest BCUT2D eigenvalue weighted by atomic mass is 10.2. The van der Waals surface area contributed by atoms with Crippen LogP contribution in [0.4, 0.5) is 0 Å². The fraction of sp³-hybridized carbons (Fsp3) is 0.500. The van der Waals surface area contributed by atoms with E-state index < -0.39 is 0 Å². The molecule has 1 aliphatic heterocycles. The fourth-order valence-corrected chi connectivity index (χ4v) is 1.83. The molecular weight excluding hydrogens is 202 g/mol. The van der Waals surface area contributed by atoms with E-state index in [2.05, 4.69) is 16.9 Å². The number of nitrogens with zero attached hydrogens (tertiary/aromatic N) is 3. The number of aromatic nitrogens is 1. The van der Waals surface area contributed by atoms with Crippen LogP contribution in [0.3, 0.4) is 0 Å². The number of piperazine rings is 1. The van der Waals surface area contributed by atoms with Gasteiger partial charge in [-0.05, 0) is 19.2 Å². The maximum Gasteiger partial charge on any atom is 0.228 e. The first kappa shape index (κ1) is 11.1. The van der Waals surface area contributed by atoms with Gasteiger partial charge in [0.05, 0.1) is 6.42 Å². The average molecular weight is 219 g/mol. The summed E-state index contributed by atoms with van der Waals surface area (Å²) in [5, 5.41) is 0. The lowest BCUT2D eigenvalue weighted by molar-refractivity contribution is -0.132. The van der Waals surface area contributed by atoms with Crippen LogP contribution in [-0.4, -0.2) is 53.9 Å². The predicted octanol–water partition coefficient (Wildman–Crippen LogP) is 0.398. The molecule has 1 aromatic rings. The van der Waals surface area contributed by atoms with Gasteiger partial charge in [0.2, 0.25) is 5.91 Å². The van der Waals surface area contributed by atoms with Crippen LogP contribution in [0.25, 0.3) is 0 Å². The standard InChI is InChI=1S/C12H17N3O/c1-14-6-8-15(9-7-14)12(16)10-11-4-2-3-5-13-11/h2-5H,6-10H2,1H3. The summed E-state index contributed by atoms with van der Waals surface area (Å²) in [6.45, 7) is 3.60. The van der Waals surface area contributed by atoms with Gasteiger partial charge in [0.15, 0.2) is 0 Å². The number of hydrogen-bond donors (Lipinski definition) is 0. The van der Waals surface area contributed by atoms with Gasteiger partial charge in [-0.15, -0.1) is 0 Å². The zero-order chi connectivity index (χ0) is 11.4. The largest absolute Gasteiger partial charge is 0.340 e. The van der Waals surface area contributed by atoms with Crippen molar-refractivity contribution in [3.8, 4) is 0 Å². The summed E-state index contributed by atoms with van der Waals surface area (Å²) in [4.78, 5) is 20.3. The summed E-state index contributed by atoms with van der Waals surface area (Å²) in [6, 6.07) is 5.68. The Morgan fingerprint density at radius 3 is 2.69 bits per heavy atom. The summed E-state index contributed by atoms with van der Waals surface area (Å²) in [5.41, 5.74) is 0.853. The molecule has 1 saturated heterocycles. The fourth-order valence-electron chi connectivity index (χ4n) is 1.83. The maximum absolute atomic E-state index is 11.9. The van der Waals surface area contributed by atoms with E-state index in [9.17, 15) is 4.79 Å². The van der Waals surface area contributed by atoms with Crippen molar-refractivity contribution in [2.45, 2.75) is 6.42 Å². The molecule has 4 nitrogen and oxygen atoms in total. The molecule has 0 spiro atoms. The Bertz CT molecular complexity index is 345. The Morgan fingerprint density at radius 1 is 1.31 bits per heavy atom. The van der Waals surface area contributed by atoms with Gasteiger partial charge in [-0.3, -0.25) is 9.78 Å². The van der Waals surface area contributed by atoms with Gasteiger partial charge in [0, 0.05) is 38.1 Å². The van der Waals surface area contributed by atoms with Gasteiger partial charge < -0.3 is 9.80 Å². The molecule has 0 N–H and O–H groups in total. The number of hydrogen-bond acceptors (Lipinski definition) is 3. The van der Waals surface area contributed by atoms with E-state index in [4.69, 9.17) is 0 Å². The van der Waals surface area contributed by atoms with Crippen LogP contribution in [0, 0.1) is 0 Å². The minimum absolute atomic E-state index is 0.187. The number of carbonyl (C=O) groups is 1. The normalized spacial score (nSPS) is 17.4. The van der Waals surface area contributed by atoms with Crippen LogP contribution in [0.15, 0.2) is 24.4 Å². The monoisotopic (exact) mass is 219 g/mol. The van der Waals surface area contributed by atoms with E-state index in [1.165, 1.54) is 0 Å². The van der Waals surface area contributed by atoms with Crippen LogP contribution in [0.5, 0.6) is 0 Å². The zero-order valence-electron chi connectivity index (χ0n) is 9.59. The summed E-state index contributed by atoms with van der Waals surface area (Å²) in [6.07, 6.45) is 2.15. The third-order valence-electron chi connectivity index (χ3n) is 2.91. The molecule has 0 atom stereocenters. The SMILES string of the molecule is CN1CCN(C(=O)Cc2ccccn2)CC1. The van der Waals surface area contributed by atoms with Crippen LogP contribution in [-0.2, 0) is 11.2 Å². The number of amides is 1. The Kier molecular flexibility index (Phi) is 3.51. The molecule has 0 saturated carbocycles. The van der Waals surface area contributed by atoms with Gasteiger partial charge in [-0.1, -0.05) is 6.07 Å². The van der Waals surface area contributed by atoms with E-state index in [0.29, 0.717) is 6.42 Å². The zero-order valence-corrected chi connectivity index (χ0v) is 9.59. The van der Waals surface area contributed by atoms with Gasteiger partial charge >= 0.3 is 0 Å². The highest BCUT2D eigenvalue weighted by Gasteiger charge is 2.19. The Morgan fingerprint density at radius 2 is 2.06 bits per heavy atom. The molecule has 86 valence electrons. The molecule has 0 aromatic carbocycles. The number of rotatable bonds is 2. The highest BCUT2D eigenvalue weighted by molar-refractivity contribution is 5.78. The molecule has 1 aromatic heterocycles. The minimum atomic E-state index is 0.187. The molecule has 0 unspecified atom stereocenters. The lowest BCUT2D eigenvalue weighted by Crippen LogP contribution is -2.47. The average Bonchev–Trinajstić information content (AvgIpc) is 2.31. The number of pyridine rings is 1. The van der Waals surface area contributed by atoms with Gasteiger partial charge in [0.25, 0.3) is 0 Å². The second-order valence-corrected chi connectivity index (χ2v) is 4.18. The molecular formula is C12H17N3O. The Labute approximate surface area is 95.9 Å². The third kappa shape index (κ3) is 2.79. The summed E-state index contributed by atoms with van der Waals surface area (Å²) >= 11 is 0. The summed E-state index contributed by atoms with van der Waals surface area (Å²) < 4.78 is 0. The van der Waals surface area contributed by atoms with Crippen molar-refractivity contribution in [2.75, 3.05) is 33.2 Å². The van der Waals surface area contributed by atoms with Crippen LogP contribution >= 0.6 is 0 Å². The Hall–Kier alpha value is -1.42. The lowest BCUT2D eigenvalue weighted by Gasteiger charge is -2.32. The highest BCUT2D eigenvalue weighted by Crippen LogP contribution is 2.03. The molecule has 0 bridgehead atoms. The van der Waals surface area contributed by atoms with Gasteiger partial charge in [-0.25, -0.2) is 0 Å². The van der Waals surface area contributed by atoms with E-state index in [1.54, 1.807) is 6.20 Å². The van der Waals surface area contributed by atoms with E-state index >= 15 is 0 Å². The van der Waals surface area contributed by atoms with Crippen molar-refractivity contribution < 1.29 is 4.79 Å². The third-order valence-corrected chi connectivity index (χ3v) is 2.91. The first-order valence-electron chi connectivity index (χ1n) is 5.62. The van der Waals surface area contributed by atoms with Crippen molar-refractivity contribution in [3.63, 3.8) is 0 Å². The minimum Gasteiger partial charge on any atom is -0.340 e. The molecule has 0 aliphatic carbocycles. The molecule has 1 amide bonds. The van der Waals surface area contributed by atoms with Crippen molar-refractivity contribution in [1.82, 2.24) is 14.8 Å². The molecule has 2 rings (SSSR count). The van der Waals surface area contributed by atoms with E-state index in [0.717, 1.165) is 31.9 Å². The quantitative estimate of drug-likeness (QED) is 0.722. The van der Waals surface area contributed by atoms with Crippen LogP contribution in [0.2, 0.25) is 0 Å². The summed E-state index contributed by atoms with van der Waals surface area (Å²) in [7, 11) is 2.08. The predicted molar refractivity (Wildman–Crippen MR) is 62.0 cm³/mol. The molecule has 1 fully saturated rings. The second kappa shape index (κ2) is 5.07. The molecule has 1 aliphatic rings. The van der Waals surface area contributed by atoms with Crippen molar-refractivity contribution >= 4 is 5.91 Å². The second-order valence-electron chi connectivity index (χ2n) is 4.18. The van der Waals surface area contributed by atoms with Gasteiger partial charge in [-0.2, -0.15) is 0 Å². The molecule has 4 heteroatoms. The highest BCUT2D eigenvalue weighted by atomic mass is 16.2.